The van der Waals surface area contributed by atoms with Crippen molar-refractivity contribution in [2.75, 3.05) is 44.1 Å². The summed E-state index contributed by atoms with van der Waals surface area (Å²) in [4.78, 5) is 86.4. The summed E-state index contributed by atoms with van der Waals surface area (Å²) in [6, 6.07) is 40.0. The van der Waals surface area contributed by atoms with Crippen molar-refractivity contribution in [2.24, 2.45) is 107 Å². The molecule has 18 atom stereocenters. The maximum absolute atomic E-state index is 12.9. The summed E-state index contributed by atoms with van der Waals surface area (Å²) < 4.78 is 34.6. The number of allylic oxidation sites excluding steroid dienone is 13. The van der Waals surface area contributed by atoms with E-state index in [9.17, 15) is 33.6 Å². The molecule has 4 amide bonds. The van der Waals surface area contributed by atoms with Crippen molar-refractivity contribution in [3.8, 4) is 11.5 Å². The first kappa shape index (κ1) is 86.9. The second-order valence-electron chi connectivity index (χ2n) is 36.3. The molecule has 3 aliphatic heterocycles. The van der Waals surface area contributed by atoms with Crippen molar-refractivity contribution in [1.82, 2.24) is 15.0 Å². The van der Waals surface area contributed by atoms with Crippen molar-refractivity contribution in [2.45, 2.75) is 117 Å². The zero-order valence-corrected chi connectivity index (χ0v) is 73.5. The minimum atomic E-state index is -0.241. The van der Waals surface area contributed by atoms with Crippen molar-refractivity contribution >= 4 is 101 Å². The van der Waals surface area contributed by atoms with Crippen LogP contribution in [0.25, 0.3) is 29.9 Å². The summed E-state index contributed by atoms with van der Waals surface area (Å²) in [7, 11) is 1.34. The van der Waals surface area contributed by atoms with Crippen LogP contribution in [0.3, 0.4) is 0 Å². The molecule has 16 aliphatic rings. The predicted molar refractivity (Wildman–Crippen MR) is 497 cm³/mol. The van der Waals surface area contributed by atoms with Gasteiger partial charge in [0, 0.05) is 60.7 Å². The van der Waals surface area contributed by atoms with E-state index in [0.717, 1.165) is 123 Å². The second-order valence-corrected chi connectivity index (χ2v) is 37.0. The van der Waals surface area contributed by atoms with Gasteiger partial charge >= 0.3 is 64.2 Å². The molecule has 13 aliphatic carbocycles. The first-order valence-electron chi connectivity index (χ1n) is 45.4. The van der Waals surface area contributed by atoms with Gasteiger partial charge in [-0.15, -0.1) is 0 Å². The zero-order valence-electron chi connectivity index (χ0n) is 72.3. The Morgan fingerprint density at radius 2 is 0.960 bits per heavy atom. The standard InChI is InChI=1S/C20H19NO2.C19H22O2.C18H18O2.C18H20O2.C17H18O2.C13H15NO2.CH4BIN2/c22-19-17-8-7-13-3-1-2-4-16(13)18(17)20(23)21(19)11-15-10-12-5-6-14(15)9-12;1-14-2-4-15(5-3-14)7-9-19(20)21-11-10-18-13-16-6-8-17(18)12-16;1-12-2-4-14-6-7-17(10-18(14)20-12)19-11-16-9-13-3-5-15(16)8-13;1-13-2-4-14(5-3-13)7-9-18(19)20-12-17-11-15-6-8-16(17)10-15;18-17(9-7-13-4-2-1-3-5-13)19-12-16-11-14-6-8-15(16)10-14;15-12-3-4-13(16)14(12)6-5-11-8-9-1-2-10(11)7-9;3-1-5-2-4/h1-6,12,14-15H,7-11H2;2-9,16-18H,10-13H2,1H3;2-7,10,13,15-16H,1,8-9,11H2;2-9,15-17H,10-12H2,1H3;1-9,14-16H,10-12H2;1-4,9-11H,5-8H2;4-5H,1H2/b;9-7+;;2*9-7+;;/i;;;;;;4D. The first-order valence-corrected chi connectivity index (χ1v) is 46.5. The van der Waals surface area contributed by atoms with E-state index in [2.05, 4.69) is 119 Å². The third-order valence-electron chi connectivity index (χ3n) is 27.8. The van der Waals surface area contributed by atoms with Gasteiger partial charge in [0.05, 0.1) is 32.0 Å². The molecule has 642 valence electrons. The van der Waals surface area contributed by atoms with Crippen LogP contribution in [0.2, 0.25) is 1.41 Å². The summed E-state index contributed by atoms with van der Waals surface area (Å²) in [6.07, 6.45) is 62.8. The number of hydrogen-bond donors (Lipinski definition) is 2. The molecule has 0 radical (unpaired) electrons. The van der Waals surface area contributed by atoms with E-state index in [1.54, 1.807) is 6.08 Å². The average molecular weight is 1780 g/mol. The maximum atomic E-state index is 12.9. The van der Waals surface area contributed by atoms with Crippen LogP contribution in [-0.2, 0) is 54.2 Å². The molecule has 6 saturated carbocycles. The normalized spacial score (nSPS) is 28.8. The molecule has 6 fully saturated rings. The number of rotatable bonds is 23. The molecule has 0 aromatic heterocycles. The van der Waals surface area contributed by atoms with Crippen molar-refractivity contribution in [3.63, 3.8) is 0 Å². The minimum absolute atomic E-state index is 0.0359. The molecular formula is C106H116BIN4O12. The van der Waals surface area contributed by atoms with Gasteiger partial charge in [0.15, 0.2) is 0 Å². The SMILES string of the molecule is C=C1C=Cc2ccc(OCC3CC4C=CC3C4)cc2O1.Cc1ccc(/C=C/C(=O)OCC2CC3C=CC2C3)cc1.Cc1ccc(/C=C/C(=O)OCCC2CC3C=CC2C3)cc1.O=C(/C=C/c1ccccc1)OCC1CC2C=CC1C2.O=C1C2=C(C(=O)N1CC1CC3C=CC1C3)c1ccccc1CC2.O=C1C=CC(=O)N1CCC1CC2C=CC1C2.[2H]N=BNCI. The number of benzene rings is 5. The van der Waals surface area contributed by atoms with Crippen LogP contribution in [0.4, 0.5) is 0 Å². The number of esters is 3. The molecule has 0 saturated heterocycles. The monoisotopic (exact) mass is 1780 g/mol. The Labute approximate surface area is 747 Å². The van der Waals surface area contributed by atoms with Gasteiger partial charge in [0.25, 0.3) is 23.6 Å². The molecular weight excluding hydrogens is 1660 g/mol. The fourth-order valence-corrected chi connectivity index (χ4v) is 21.4. The third kappa shape index (κ3) is 23.3. The predicted octanol–water partition coefficient (Wildman–Crippen LogP) is 20.4. The van der Waals surface area contributed by atoms with Gasteiger partial charge < -0.3 is 23.7 Å². The molecule has 18 heteroatoms. The van der Waals surface area contributed by atoms with E-state index in [1.165, 1.54) is 135 Å². The summed E-state index contributed by atoms with van der Waals surface area (Å²) in [5.74, 6) is 13.3. The number of carbonyl (C=O) groups is 7. The number of ether oxygens (including phenoxy) is 5. The Bertz CT molecular complexity index is 5130. The van der Waals surface area contributed by atoms with E-state index in [4.69, 9.17) is 25.1 Å². The molecule has 5 aromatic carbocycles. The van der Waals surface area contributed by atoms with Crippen LogP contribution < -0.4 is 14.7 Å². The molecule has 0 spiro atoms. The number of halogens is 1. The quantitative estimate of drug-likeness (QED) is 0.00719. The van der Waals surface area contributed by atoms with E-state index in [-0.39, 0.29) is 41.5 Å². The van der Waals surface area contributed by atoms with Crippen LogP contribution in [0.1, 0.15) is 141 Å². The van der Waals surface area contributed by atoms with E-state index in [1.807, 2.05) is 153 Å². The van der Waals surface area contributed by atoms with E-state index < -0.39 is 0 Å². The van der Waals surface area contributed by atoms with Gasteiger partial charge in [-0.1, -0.05) is 194 Å². The number of imide groups is 2. The molecule has 5 aromatic rings. The fraction of sp³-hybridized carbons (Fsp3) is 0.406. The van der Waals surface area contributed by atoms with E-state index >= 15 is 0 Å². The summed E-state index contributed by atoms with van der Waals surface area (Å²) in [5.41, 5.74) is 10.2. The number of aryl methyl sites for hydroxylation is 3. The van der Waals surface area contributed by atoms with Crippen LogP contribution in [0.15, 0.2) is 249 Å². The molecule has 3 heterocycles. The zero-order chi connectivity index (χ0) is 86.7. The number of fused-ring (bicyclic) bond motifs is 15. The third-order valence-corrected chi connectivity index (χ3v) is 28.3. The average Bonchev–Trinajstić information content (AvgIpc) is 1.60. The Morgan fingerprint density at radius 3 is 1.44 bits per heavy atom. The van der Waals surface area contributed by atoms with Gasteiger partial charge in [-0.2, -0.15) is 0 Å². The molecule has 18 unspecified atom stereocenters. The molecule has 21 rings (SSSR count). The number of amides is 4. The van der Waals surface area contributed by atoms with Gasteiger partial charge in [-0.05, 0) is 293 Å². The van der Waals surface area contributed by atoms with Crippen LogP contribution >= 0.6 is 22.6 Å². The Morgan fingerprint density at radius 1 is 0.500 bits per heavy atom. The summed E-state index contributed by atoms with van der Waals surface area (Å²) in [6.45, 7) is 11.6. The van der Waals surface area contributed by atoms with Gasteiger partial charge in [0.1, 0.15) is 17.3 Å². The van der Waals surface area contributed by atoms with Gasteiger partial charge in [-0.3, -0.25) is 29.0 Å². The van der Waals surface area contributed by atoms with Crippen molar-refractivity contribution in [1.29, 1.82) is 5.31 Å². The van der Waals surface area contributed by atoms with Gasteiger partial charge in [0.2, 0.25) is 0 Å². The number of hydrogen-bond acceptors (Lipinski definition) is 13. The number of carbonyl (C=O) groups excluding carboxylic acids is 7. The number of nitrogens with one attached hydrogen (secondary N) is 2. The summed E-state index contributed by atoms with van der Waals surface area (Å²) in [5, 5.41) is 5.64. The van der Waals surface area contributed by atoms with Crippen molar-refractivity contribution in [3.05, 3.63) is 293 Å². The molecule has 12 bridgehead atoms. The summed E-state index contributed by atoms with van der Waals surface area (Å²) >= 11 is 2.13. The van der Waals surface area contributed by atoms with Crippen LogP contribution in [0.5, 0.6) is 11.5 Å². The Kier molecular flexibility index (Phi) is 29.7. The topological polar surface area (TPSA) is 208 Å². The molecule has 124 heavy (non-hydrogen) atoms. The van der Waals surface area contributed by atoms with Crippen LogP contribution in [0, 0.1) is 126 Å². The fourth-order valence-electron chi connectivity index (χ4n) is 21.2. The van der Waals surface area contributed by atoms with Crippen LogP contribution in [-0.4, -0.2) is 103 Å². The Balaban J connectivity index is 0.000000115. The molecule has 2 N–H and O–H groups in total. The van der Waals surface area contributed by atoms with Crippen molar-refractivity contribution < 1.29 is 58.7 Å². The first-order chi connectivity index (χ1) is 60.9. The second kappa shape index (κ2) is 42.4. The Hall–Kier alpha value is -10.6. The number of alkyl halides is 1. The van der Waals surface area contributed by atoms with E-state index in [0.29, 0.717) is 116 Å². The molecule has 16 nitrogen and oxygen atoms in total. The number of nitrogens with zero attached hydrogens (tertiary/aromatic N) is 2. The van der Waals surface area contributed by atoms with Gasteiger partial charge in [-0.25, -0.2) is 14.4 Å².